The Morgan fingerprint density at radius 3 is 2.61 bits per heavy atom. The van der Waals surface area contributed by atoms with Gasteiger partial charge in [0, 0.05) is 17.3 Å². The molecule has 0 saturated heterocycles. The summed E-state index contributed by atoms with van der Waals surface area (Å²) in [5, 5.41) is 11.9. The number of primary sulfonamides is 1. The normalized spacial score (nSPS) is 17.9. The number of nitrogens with one attached hydrogen (secondary N) is 2. The Bertz CT molecular complexity index is 1430. The summed E-state index contributed by atoms with van der Waals surface area (Å²) < 4.78 is 53.4. The number of hydrazone groups is 1. The average Bonchev–Trinajstić information content (AvgIpc) is 3.12. The molecule has 1 aromatic carbocycles. The predicted molar refractivity (Wildman–Crippen MR) is 115 cm³/mol. The Balaban J connectivity index is 1.61. The van der Waals surface area contributed by atoms with Gasteiger partial charge in [0.05, 0.1) is 0 Å². The number of nitrogens with zero attached hydrogens (tertiary/aromatic N) is 4. The number of rotatable bonds is 3. The lowest BCUT2D eigenvalue weighted by molar-refractivity contribution is -0.131. The molecule has 5 rings (SSSR count). The van der Waals surface area contributed by atoms with Gasteiger partial charge in [-0.2, -0.15) is 9.37 Å². The fourth-order valence-corrected chi connectivity index (χ4v) is 5.11. The zero-order valence-corrected chi connectivity index (χ0v) is 18.0. The van der Waals surface area contributed by atoms with Crippen LogP contribution in [0.1, 0.15) is 37.8 Å². The lowest BCUT2D eigenvalue weighted by Crippen LogP contribution is -2.48. The van der Waals surface area contributed by atoms with Gasteiger partial charge < -0.3 is 9.88 Å². The second kappa shape index (κ2) is 7.56. The van der Waals surface area contributed by atoms with Crippen LogP contribution in [-0.2, 0) is 20.4 Å². The highest BCUT2D eigenvalue weighted by Gasteiger charge is 2.45. The fraction of sp³-hybridized carbons (Fsp3) is 0.300. The van der Waals surface area contributed by atoms with Crippen LogP contribution in [0.15, 0.2) is 40.5 Å². The largest absolute Gasteiger partial charge is 0.324 e. The van der Waals surface area contributed by atoms with Gasteiger partial charge in [-0.1, -0.05) is 19.3 Å². The Hall–Kier alpha value is -3.45. The number of nitrogens with two attached hydrogens (primary N) is 1. The average molecular weight is 475 g/mol. The third kappa shape index (κ3) is 3.53. The van der Waals surface area contributed by atoms with Crippen molar-refractivity contribution >= 4 is 44.6 Å². The van der Waals surface area contributed by atoms with Gasteiger partial charge in [-0.3, -0.25) is 4.79 Å². The van der Waals surface area contributed by atoms with Gasteiger partial charge in [-0.15, -0.1) is 5.10 Å². The van der Waals surface area contributed by atoms with Gasteiger partial charge >= 0.3 is 0 Å². The van der Waals surface area contributed by atoms with E-state index in [2.05, 4.69) is 25.8 Å². The van der Waals surface area contributed by atoms with E-state index < -0.39 is 38.1 Å². The lowest BCUT2D eigenvalue weighted by Gasteiger charge is -2.36. The summed E-state index contributed by atoms with van der Waals surface area (Å²) >= 11 is 0. The molecule has 1 aliphatic heterocycles. The van der Waals surface area contributed by atoms with Crippen LogP contribution in [0.2, 0.25) is 0 Å². The van der Waals surface area contributed by atoms with Crippen molar-refractivity contribution in [3.63, 3.8) is 0 Å². The second-order valence-electron chi connectivity index (χ2n) is 8.09. The zero-order chi connectivity index (χ0) is 23.4. The maximum absolute atomic E-state index is 14.8. The highest BCUT2D eigenvalue weighted by Crippen LogP contribution is 2.40. The fourth-order valence-electron chi connectivity index (χ4n) is 4.52. The summed E-state index contributed by atoms with van der Waals surface area (Å²) in [5.41, 5.74) is 1.92. The number of amides is 1. The molecule has 4 N–H and O–H groups in total. The molecule has 172 valence electrons. The summed E-state index contributed by atoms with van der Waals surface area (Å²) in [6.07, 6.45) is 5.02. The van der Waals surface area contributed by atoms with Gasteiger partial charge in [0.15, 0.2) is 0 Å². The molecular formula is C20H19F2N7O3S. The van der Waals surface area contributed by atoms with E-state index in [0.717, 1.165) is 31.4 Å². The summed E-state index contributed by atoms with van der Waals surface area (Å²) in [5.74, 6) is -2.21. The highest BCUT2D eigenvalue weighted by atomic mass is 32.2. The van der Waals surface area contributed by atoms with Crippen molar-refractivity contribution in [2.75, 3.05) is 5.32 Å². The van der Waals surface area contributed by atoms with Crippen LogP contribution in [0.4, 0.5) is 20.4 Å². The first kappa shape index (κ1) is 21.4. The smallest absolute Gasteiger partial charge is 0.266 e. The van der Waals surface area contributed by atoms with Gasteiger partial charge in [-0.05, 0) is 37.1 Å². The van der Waals surface area contributed by atoms with E-state index in [1.165, 1.54) is 18.3 Å². The van der Waals surface area contributed by atoms with E-state index >= 15 is 0 Å². The first-order valence-corrected chi connectivity index (χ1v) is 11.8. The second-order valence-corrected chi connectivity index (χ2v) is 9.62. The van der Waals surface area contributed by atoms with Gasteiger partial charge in [-0.25, -0.2) is 28.4 Å². The zero-order valence-electron chi connectivity index (χ0n) is 17.2. The topological polar surface area (TPSA) is 144 Å². The summed E-state index contributed by atoms with van der Waals surface area (Å²) in [6.45, 7) is 0. The maximum atomic E-state index is 14.8. The molecule has 0 bridgehead atoms. The van der Waals surface area contributed by atoms with Gasteiger partial charge in [0.1, 0.15) is 27.6 Å². The molecule has 10 nitrogen and oxygen atoms in total. The van der Waals surface area contributed by atoms with Crippen molar-refractivity contribution in [2.24, 2.45) is 10.2 Å². The molecule has 1 spiro atoms. The molecular weight excluding hydrogens is 456 g/mol. The number of fused-ring (bicyclic) bond motifs is 4. The van der Waals surface area contributed by atoms with Crippen molar-refractivity contribution in [1.82, 2.24) is 20.0 Å². The van der Waals surface area contributed by atoms with E-state index in [1.54, 1.807) is 4.57 Å². The molecule has 3 aromatic rings. The van der Waals surface area contributed by atoms with Crippen molar-refractivity contribution in [2.45, 2.75) is 42.5 Å². The first-order chi connectivity index (χ1) is 15.7. The number of benzene rings is 1. The molecule has 1 saturated carbocycles. The van der Waals surface area contributed by atoms with Crippen molar-refractivity contribution in [3.05, 3.63) is 42.0 Å². The molecule has 2 aliphatic rings. The third-order valence-electron chi connectivity index (χ3n) is 6.03. The molecule has 0 atom stereocenters. The number of carbonyl (C=O) groups is 1. The predicted octanol–water partition coefficient (Wildman–Crippen LogP) is 2.38. The minimum absolute atomic E-state index is 0.0547. The van der Waals surface area contributed by atoms with Crippen molar-refractivity contribution in [3.8, 4) is 0 Å². The van der Waals surface area contributed by atoms with Crippen LogP contribution in [0.5, 0.6) is 0 Å². The number of aromatic nitrogens is 3. The minimum atomic E-state index is -4.21. The van der Waals surface area contributed by atoms with Gasteiger partial charge in [0.2, 0.25) is 16.0 Å². The van der Waals surface area contributed by atoms with E-state index in [1.807, 2.05) is 0 Å². The molecule has 3 heterocycles. The van der Waals surface area contributed by atoms with Crippen LogP contribution in [-0.4, -0.2) is 34.8 Å². The van der Waals surface area contributed by atoms with Crippen LogP contribution in [0, 0.1) is 5.82 Å². The van der Waals surface area contributed by atoms with Crippen LogP contribution in [0.3, 0.4) is 0 Å². The summed E-state index contributed by atoms with van der Waals surface area (Å²) in [6, 6.07) is 4.84. The number of sulfonamides is 1. The number of halogens is 2. The molecule has 1 fully saturated rings. The highest BCUT2D eigenvalue weighted by molar-refractivity contribution is 7.89. The van der Waals surface area contributed by atoms with Crippen LogP contribution >= 0.6 is 0 Å². The maximum Gasteiger partial charge on any atom is 0.266 e. The molecule has 2 aromatic heterocycles. The van der Waals surface area contributed by atoms with E-state index in [4.69, 9.17) is 5.14 Å². The van der Waals surface area contributed by atoms with Crippen LogP contribution in [0.25, 0.3) is 11.0 Å². The summed E-state index contributed by atoms with van der Waals surface area (Å²) in [7, 11) is -4.21. The van der Waals surface area contributed by atoms with Gasteiger partial charge in [0.25, 0.3) is 11.9 Å². The Labute approximate surface area is 186 Å². The Morgan fingerprint density at radius 2 is 1.91 bits per heavy atom. The van der Waals surface area contributed by atoms with E-state index in [-0.39, 0.29) is 17.3 Å². The SMILES string of the molecule is NS(=O)(=O)c1ccc(Nc2ncc3cc4n(c3n2)C2(CCCCC2)C(=O)NN=C4F)cc1F. The Kier molecular flexibility index (Phi) is 4.90. The van der Waals surface area contributed by atoms with Crippen LogP contribution < -0.4 is 15.9 Å². The number of anilines is 2. The van der Waals surface area contributed by atoms with E-state index in [9.17, 15) is 22.0 Å². The quantitative estimate of drug-likeness (QED) is 0.531. The van der Waals surface area contributed by atoms with Crippen molar-refractivity contribution in [1.29, 1.82) is 0 Å². The number of carbonyl (C=O) groups excluding carboxylic acids is 1. The number of hydrogen-bond donors (Lipinski definition) is 3. The lowest BCUT2D eigenvalue weighted by atomic mass is 9.80. The third-order valence-corrected chi connectivity index (χ3v) is 6.98. The number of hydrogen-bond acceptors (Lipinski definition) is 7. The first-order valence-electron chi connectivity index (χ1n) is 10.2. The molecule has 1 amide bonds. The van der Waals surface area contributed by atoms with E-state index in [0.29, 0.717) is 23.9 Å². The molecule has 1 aliphatic carbocycles. The summed E-state index contributed by atoms with van der Waals surface area (Å²) in [4.78, 5) is 21.0. The van der Waals surface area contributed by atoms with Crippen molar-refractivity contribution < 1.29 is 22.0 Å². The minimum Gasteiger partial charge on any atom is -0.324 e. The monoisotopic (exact) mass is 475 g/mol. The molecule has 13 heteroatoms. The molecule has 0 radical (unpaired) electrons. The molecule has 0 unspecified atom stereocenters. The standard InChI is InChI=1S/C20H19F2N7O3S/c21-13-9-12(4-5-15(13)33(23,31)32)25-19-24-10-11-8-14-16(22)27-28-18(30)20(6-2-1-3-7-20)29(14)17(11)26-19/h4-5,8-10H,1-3,6-7H2,(H,28,30)(H2,23,31,32)(H,24,25,26). The Morgan fingerprint density at radius 1 is 1.15 bits per heavy atom. The molecule has 33 heavy (non-hydrogen) atoms.